The zero-order valence-electron chi connectivity index (χ0n) is 8.29. The van der Waals surface area contributed by atoms with Crippen molar-refractivity contribution in [2.75, 3.05) is 19.5 Å². The lowest BCUT2D eigenvalue weighted by atomic mass is 10.3. The molecule has 0 spiro atoms. The van der Waals surface area contributed by atoms with Gasteiger partial charge in [-0.25, -0.2) is 0 Å². The Balaban J connectivity index is 2.70. The van der Waals surface area contributed by atoms with E-state index >= 15 is 0 Å². The quantitative estimate of drug-likeness (QED) is 0.845. The van der Waals surface area contributed by atoms with Crippen LogP contribution in [0.3, 0.4) is 0 Å². The second kappa shape index (κ2) is 5.22. The fourth-order valence-corrected chi connectivity index (χ4v) is 1.44. The molecule has 1 aromatic rings. The van der Waals surface area contributed by atoms with Gasteiger partial charge in [0.25, 0.3) is 0 Å². The SMILES string of the molecule is COCC(C)Oc1cc(Br)ccc1N. The van der Waals surface area contributed by atoms with Gasteiger partial charge in [-0.15, -0.1) is 0 Å². The molecule has 0 amide bonds. The molecule has 2 N–H and O–H groups in total. The van der Waals surface area contributed by atoms with Crippen molar-refractivity contribution < 1.29 is 9.47 Å². The molecule has 0 aliphatic rings. The van der Waals surface area contributed by atoms with E-state index in [4.69, 9.17) is 15.2 Å². The minimum atomic E-state index is -0.00315. The van der Waals surface area contributed by atoms with Gasteiger partial charge in [0.2, 0.25) is 0 Å². The van der Waals surface area contributed by atoms with E-state index < -0.39 is 0 Å². The largest absolute Gasteiger partial charge is 0.486 e. The van der Waals surface area contributed by atoms with Crippen LogP contribution in [0.15, 0.2) is 22.7 Å². The molecule has 4 heteroatoms. The maximum Gasteiger partial charge on any atom is 0.143 e. The summed E-state index contributed by atoms with van der Waals surface area (Å²) in [5, 5.41) is 0. The molecule has 1 unspecified atom stereocenters. The Kier molecular flexibility index (Phi) is 4.22. The Morgan fingerprint density at radius 3 is 2.86 bits per heavy atom. The van der Waals surface area contributed by atoms with Crippen molar-refractivity contribution in [1.82, 2.24) is 0 Å². The molecule has 0 heterocycles. The second-order valence-corrected chi connectivity index (χ2v) is 3.98. The summed E-state index contributed by atoms with van der Waals surface area (Å²) in [5.74, 6) is 0.684. The maximum absolute atomic E-state index is 5.75. The molecule has 1 rings (SSSR count). The lowest BCUT2D eigenvalue weighted by molar-refractivity contribution is 0.0925. The number of nitrogen functional groups attached to an aromatic ring is 1. The van der Waals surface area contributed by atoms with Crippen LogP contribution in [0.25, 0.3) is 0 Å². The number of hydrogen-bond donors (Lipinski definition) is 1. The van der Waals surface area contributed by atoms with Gasteiger partial charge in [0.15, 0.2) is 0 Å². The molecule has 0 bridgehead atoms. The molecular formula is C10H14BrNO2. The van der Waals surface area contributed by atoms with Crippen molar-refractivity contribution in [3.05, 3.63) is 22.7 Å². The number of ether oxygens (including phenoxy) is 2. The average Bonchev–Trinajstić information content (AvgIpc) is 2.12. The summed E-state index contributed by atoms with van der Waals surface area (Å²) < 4.78 is 11.5. The smallest absolute Gasteiger partial charge is 0.143 e. The Morgan fingerprint density at radius 1 is 1.50 bits per heavy atom. The van der Waals surface area contributed by atoms with Crippen molar-refractivity contribution in [3.8, 4) is 5.75 Å². The van der Waals surface area contributed by atoms with Crippen LogP contribution in [0.5, 0.6) is 5.75 Å². The van der Waals surface area contributed by atoms with Crippen molar-refractivity contribution in [2.24, 2.45) is 0 Å². The van der Waals surface area contributed by atoms with Crippen LogP contribution in [-0.2, 0) is 4.74 Å². The number of anilines is 1. The van der Waals surface area contributed by atoms with E-state index in [1.165, 1.54) is 0 Å². The van der Waals surface area contributed by atoms with Crippen molar-refractivity contribution in [3.63, 3.8) is 0 Å². The van der Waals surface area contributed by atoms with Crippen LogP contribution in [0, 0.1) is 0 Å². The number of halogens is 1. The molecule has 0 aliphatic carbocycles. The topological polar surface area (TPSA) is 44.5 Å². The Labute approximate surface area is 92.3 Å². The molecule has 3 nitrogen and oxygen atoms in total. The molecule has 78 valence electrons. The number of nitrogens with two attached hydrogens (primary N) is 1. The second-order valence-electron chi connectivity index (χ2n) is 3.07. The zero-order chi connectivity index (χ0) is 10.6. The van der Waals surface area contributed by atoms with E-state index in [-0.39, 0.29) is 6.10 Å². The summed E-state index contributed by atoms with van der Waals surface area (Å²) >= 11 is 3.36. The first kappa shape index (κ1) is 11.3. The number of benzene rings is 1. The van der Waals surface area contributed by atoms with Crippen LogP contribution >= 0.6 is 15.9 Å². The third-order valence-corrected chi connectivity index (χ3v) is 2.20. The summed E-state index contributed by atoms with van der Waals surface area (Å²) in [4.78, 5) is 0. The highest BCUT2D eigenvalue weighted by molar-refractivity contribution is 9.10. The average molecular weight is 260 g/mol. The third-order valence-electron chi connectivity index (χ3n) is 1.71. The molecule has 0 radical (unpaired) electrons. The fourth-order valence-electron chi connectivity index (χ4n) is 1.10. The lowest BCUT2D eigenvalue weighted by Crippen LogP contribution is -2.18. The first-order chi connectivity index (χ1) is 6.63. The van der Waals surface area contributed by atoms with Crippen LogP contribution in [0.1, 0.15) is 6.92 Å². The molecule has 0 saturated carbocycles. The molecule has 14 heavy (non-hydrogen) atoms. The van der Waals surface area contributed by atoms with Crippen molar-refractivity contribution in [1.29, 1.82) is 0 Å². The van der Waals surface area contributed by atoms with E-state index in [2.05, 4.69) is 15.9 Å². The Bertz CT molecular complexity index is 304. The molecule has 0 aromatic heterocycles. The summed E-state index contributed by atoms with van der Waals surface area (Å²) in [7, 11) is 1.64. The molecule has 0 fully saturated rings. The normalized spacial score (nSPS) is 12.5. The van der Waals surface area contributed by atoms with E-state index in [0.717, 1.165) is 4.47 Å². The van der Waals surface area contributed by atoms with Crippen LogP contribution in [0.2, 0.25) is 0 Å². The predicted octanol–water partition coefficient (Wildman–Crippen LogP) is 2.45. The molecule has 0 aliphatic heterocycles. The van der Waals surface area contributed by atoms with Gasteiger partial charge in [-0.05, 0) is 25.1 Å². The summed E-state index contributed by atoms with van der Waals surface area (Å²) in [6.07, 6.45) is -0.00315. The minimum Gasteiger partial charge on any atom is -0.486 e. The fraction of sp³-hybridized carbons (Fsp3) is 0.400. The molecule has 0 saturated heterocycles. The van der Waals surface area contributed by atoms with Gasteiger partial charge in [-0.1, -0.05) is 15.9 Å². The Morgan fingerprint density at radius 2 is 2.21 bits per heavy atom. The van der Waals surface area contributed by atoms with Crippen LogP contribution in [0.4, 0.5) is 5.69 Å². The number of rotatable bonds is 4. The van der Waals surface area contributed by atoms with Crippen molar-refractivity contribution in [2.45, 2.75) is 13.0 Å². The summed E-state index contributed by atoms with van der Waals surface area (Å²) in [6, 6.07) is 5.53. The van der Waals surface area contributed by atoms with Gasteiger partial charge in [0.05, 0.1) is 12.3 Å². The third kappa shape index (κ3) is 3.20. The number of methoxy groups -OCH3 is 1. The number of hydrogen-bond acceptors (Lipinski definition) is 3. The van der Waals surface area contributed by atoms with Gasteiger partial charge in [0, 0.05) is 11.6 Å². The van der Waals surface area contributed by atoms with Crippen LogP contribution < -0.4 is 10.5 Å². The van der Waals surface area contributed by atoms with Gasteiger partial charge in [-0.2, -0.15) is 0 Å². The monoisotopic (exact) mass is 259 g/mol. The highest BCUT2D eigenvalue weighted by Crippen LogP contribution is 2.26. The maximum atomic E-state index is 5.75. The highest BCUT2D eigenvalue weighted by atomic mass is 79.9. The van der Waals surface area contributed by atoms with E-state index in [9.17, 15) is 0 Å². The minimum absolute atomic E-state index is 0.00315. The van der Waals surface area contributed by atoms with E-state index in [1.807, 2.05) is 19.1 Å². The summed E-state index contributed by atoms with van der Waals surface area (Å²) in [5.41, 5.74) is 6.38. The van der Waals surface area contributed by atoms with Crippen LogP contribution in [-0.4, -0.2) is 19.8 Å². The molecule has 1 aromatic carbocycles. The highest BCUT2D eigenvalue weighted by Gasteiger charge is 2.06. The molecule has 1 atom stereocenters. The summed E-state index contributed by atoms with van der Waals surface area (Å²) in [6.45, 7) is 2.48. The van der Waals surface area contributed by atoms with Crippen molar-refractivity contribution >= 4 is 21.6 Å². The standard InChI is InChI=1S/C10H14BrNO2/c1-7(6-13-2)14-10-5-8(11)3-4-9(10)12/h3-5,7H,6,12H2,1-2H3. The first-order valence-corrected chi connectivity index (χ1v) is 5.13. The van der Waals surface area contributed by atoms with E-state index in [0.29, 0.717) is 18.0 Å². The van der Waals surface area contributed by atoms with Gasteiger partial charge >= 0.3 is 0 Å². The predicted molar refractivity (Wildman–Crippen MR) is 60.5 cm³/mol. The Hall–Kier alpha value is -0.740. The van der Waals surface area contributed by atoms with Gasteiger partial charge in [0.1, 0.15) is 11.9 Å². The molecular weight excluding hydrogens is 246 g/mol. The van der Waals surface area contributed by atoms with Gasteiger partial charge < -0.3 is 15.2 Å². The zero-order valence-corrected chi connectivity index (χ0v) is 9.87. The van der Waals surface area contributed by atoms with E-state index in [1.54, 1.807) is 13.2 Å². The first-order valence-electron chi connectivity index (χ1n) is 4.34. The lowest BCUT2D eigenvalue weighted by Gasteiger charge is -2.15. The van der Waals surface area contributed by atoms with Gasteiger partial charge in [-0.3, -0.25) is 0 Å².